The number of carbonyl (C=O) groups excluding carboxylic acids is 1. The smallest absolute Gasteiger partial charge is 0.253 e. The number of piperidine rings is 1. The zero-order valence-corrected chi connectivity index (χ0v) is 20.2. The molecule has 35 heavy (non-hydrogen) atoms. The summed E-state index contributed by atoms with van der Waals surface area (Å²) in [6, 6.07) is 6.57. The van der Waals surface area contributed by atoms with Gasteiger partial charge in [-0.25, -0.2) is 18.7 Å². The van der Waals surface area contributed by atoms with Crippen LogP contribution in [0.4, 0.5) is 14.7 Å². The number of hydrogen-bond acceptors (Lipinski definition) is 7. The highest BCUT2D eigenvalue weighted by Crippen LogP contribution is 2.32. The molecule has 1 aromatic carbocycles. The maximum Gasteiger partial charge on any atom is 0.253 e. The monoisotopic (exact) mass is 503 g/mol. The highest BCUT2D eigenvalue weighted by molar-refractivity contribution is 6.35. The lowest BCUT2D eigenvalue weighted by molar-refractivity contribution is -0.0632. The van der Waals surface area contributed by atoms with Gasteiger partial charge in [-0.15, -0.1) is 0 Å². The van der Waals surface area contributed by atoms with Gasteiger partial charge in [0, 0.05) is 75.1 Å². The lowest BCUT2D eigenvalue weighted by atomic mass is 10.0. The van der Waals surface area contributed by atoms with E-state index < -0.39 is 5.92 Å². The number of benzene rings is 1. The molecule has 0 bridgehead atoms. The van der Waals surface area contributed by atoms with Gasteiger partial charge in [-0.1, -0.05) is 17.7 Å². The Balaban J connectivity index is 1.53. The highest BCUT2D eigenvalue weighted by Gasteiger charge is 2.37. The molecule has 1 saturated heterocycles. The number of likely N-dealkylation sites (tertiary alicyclic amines) is 1. The largest absolute Gasteiger partial charge is 0.353 e. The van der Waals surface area contributed by atoms with Crippen molar-refractivity contribution >= 4 is 34.4 Å². The van der Waals surface area contributed by atoms with E-state index in [-0.39, 0.29) is 44.4 Å². The molecule has 1 atom stereocenters. The molecule has 0 saturated carbocycles. The van der Waals surface area contributed by atoms with Gasteiger partial charge >= 0.3 is 0 Å². The zero-order valence-electron chi connectivity index (χ0n) is 19.4. The number of fused-ring (bicyclic) bond motifs is 1. The van der Waals surface area contributed by atoms with Gasteiger partial charge in [-0.2, -0.15) is 0 Å². The Kier molecular flexibility index (Phi) is 8.04. The number of pyridine rings is 1. The molecule has 1 fully saturated rings. The van der Waals surface area contributed by atoms with Crippen molar-refractivity contribution < 1.29 is 13.6 Å². The van der Waals surface area contributed by atoms with Gasteiger partial charge in [-0.3, -0.25) is 14.7 Å². The van der Waals surface area contributed by atoms with Crippen molar-refractivity contribution in [3.63, 3.8) is 0 Å². The van der Waals surface area contributed by atoms with Crippen LogP contribution in [0.3, 0.4) is 0 Å². The number of nitrogens with one attached hydrogen (secondary N) is 3. The van der Waals surface area contributed by atoms with Crippen LogP contribution in [0.2, 0.25) is 5.02 Å². The van der Waals surface area contributed by atoms with E-state index in [2.05, 4.69) is 30.9 Å². The predicted molar refractivity (Wildman–Crippen MR) is 132 cm³/mol. The van der Waals surface area contributed by atoms with Crippen LogP contribution in [0.5, 0.6) is 0 Å². The fourth-order valence-corrected chi connectivity index (χ4v) is 4.41. The average Bonchev–Trinajstić information content (AvgIpc) is 2.85. The normalized spacial score (nSPS) is 16.7. The number of amides is 1. The van der Waals surface area contributed by atoms with Gasteiger partial charge in [0.05, 0.1) is 22.1 Å². The quantitative estimate of drug-likeness (QED) is 0.385. The molecule has 3 N–H and O–H groups in total. The summed E-state index contributed by atoms with van der Waals surface area (Å²) in [7, 11) is 1.86. The Hall–Kier alpha value is -2.95. The second-order valence-electron chi connectivity index (χ2n) is 8.48. The van der Waals surface area contributed by atoms with Crippen LogP contribution in [-0.4, -0.2) is 71.5 Å². The molecule has 3 aromatic rings. The summed E-state index contributed by atoms with van der Waals surface area (Å²) in [5.74, 6) is -2.55. The molecule has 8 nitrogen and oxygen atoms in total. The topological polar surface area (TPSA) is 95.1 Å². The van der Waals surface area contributed by atoms with Crippen LogP contribution < -0.4 is 16.0 Å². The number of hydrogen-bond donors (Lipinski definition) is 3. The van der Waals surface area contributed by atoms with Crippen LogP contribution in [0, 0.1) is 0 Å². The first-order chi connectivity index (χ1) is 16.9. The van der Waals surface area contributed by atoms with Crippen LogP contribution in [0.1, 0.15) is 34.8 Å². The van der Waals surface area contributed by atoms with Crippen LogP contribution in [0.25, 0.3) is 10.9 Å². The van der Waals surface area contributed by atoms with E-state index in [1.165, 1.54) is 0 Å². The lowest BCUT2D eigenvalue weighted by Gasteiger charge is -2.37. The molecule has 0 spiro atoms. The minimum absolute atomic E-state index is 0.188. The molecule has 3 heterocycles. The molecule has 11 heteroatoms. The first-order valence-corrected chi connectivity index (χ1v) is 11.9. The van der Waals surface area contributed by atoms with E-state index in [9.17, 15) is 13.6 Å². The molecule has 186 valence electrons. The average molecular weight is 504 g/mol. The Labute approximate surface area is 207 Å². The van der Waals surface area contributed by atoms with Crippen molar-refractivity contribution in [2.24, 2.45) is 0 Å². The summed E-state index contributed by atoms with van der Waals surface area (Å²) < 4.78 is 27.6. The van der Waals surface area contributed by atoms with Crippen molar-refractivity contribution in [3.05, 3.63) is 59.0 Å². The SMILES string of the molecule is CNCCNc1ncc(C(CNC(=O)c2c(Cl)ccc3ncccc23)N2CCC(F)(F)CC2)cn1. The van der Waals surface area contributed by atoms with E-state index in [0.29, 0.717) is 34.0 Å². The summed E-state index contributed by atoms with van der Waals surface area (Å²) in [5.41, 5.74) is 1.73. The van der Waals surface area contributed by atoms with E-state index >= 15 is 0 Å². The number of rotatable bonds is 9. The molecule has 0 aliphatic carbocycles. The molecule has 1 aliphatic heterocycles. The van der Waals surface area contributed by atoms with Gasteiger partial charge in [-0.05, 0) is 25.2 Å². The van der Waals surface area contributed by atoms with Crippen LogP contribution >= 0.6 is 11.6 Å². The highest BCUT2D eigenvalue weighted by atomic mass is 35.5. The minimum atomic E-state index is -2.68. The summed E-state index contributed by atoms with van der Waals surface area (Å²) in [5, 5.41) is 10.1. The van der Waals surface area contributed by atoms with Gasteiger partial charge < -0.3 is 16.0 Å². The number of likely N-dealkylation sites (N-methyl/N-ethyl adjacent to an activating group) is 1. The molecule has 1 unspecified atom stereocenters. The van der Waals surface area contributed by atoms with Crippen molar-refractivity contribution in [1.82, 2.24) is 30.5 Å². The van der Waals surface area contributed by atoms with Crippen molar-refractivity contribution in [2.75, 3.05) is 45.1 Å². The van der Waals surface area contributed by atoms with E-state index in [1.807, 2.05) is 11.9 Å². The van der Waals surface area contributed by atoms with Gasteiger partial charge in [0.2, 0.25) is 5.95 Å². The molecule has 2 aromatic heterocycles. The lowest BCUT2D eigenvalue weighted by Crippen LogP contribution is -2.45. The Morgan fingerprint density at radius 3 is 2.60 bits per heavy atom. The minimum Gasteiger partial charge on any atom is -0.353 e. The molecule has 1 amide bonds. The molecular formula is C24H28ClF2N7O. The molecule has 1 aliphatic rings. The maximum atomic E-state index is 13.8. The second-order valence-corrected chi connectivity index (χ2v) is 8.89. The predicted octanol–water partition coefficient (Wildman–Crippen LogP) is 3.51. The van der Waals surface area contributed by atoms with Crippen molar-refractivity contribution in [1.29, 1.82) is 0 Å². The Morgan fingerprint density at radius 2 is 1.89 bits per heavy atom. The van der Waals surface area contributed by atoms with Crippen molar-refractivity contribution in [3.8, 4) is 0 Å². The van der Waals surface area contributed by atoms with E-state index in [4.69, 9.17) is 11.6 Å². The fourth-order valence-electron chi connectivity index (χ4n) is 4.16. The molecular weight excluding hydrogens is 476 g/mol. The molecule has 4 rings (SSSR count). The summed E-state index contributed by atoms with van der Waals surface area (Å²) in [4.78, 5) is 28.2. The van der Waals surface area contributed by atoms with Gasteiger partial charge in [0.25, 0.3) is 11.8 Å². The van der Waals surface area contributed by atoms with E-state index in [0.717, 1.165) is 12.1 Å². The standard InChI is InChI=1S/C24H28ClF2N7O/c1-28-9-10-30-23-32-13-16(14-33-23)20(34-11-6-24(26,27)7-12-34)15-31-22(35)21-17-3-2-8-29-19(17)5-4-18(21)25/h2-5,8,13-14,20,28H,6-7,9-12,15H2,1H3,(H,31,35)(H,30,32,33). The number of alkyl halides is 2. The third-order valence-electron chi connectivity index (χ3n) is 6.10. The van der Waals surface area contributed by atoms with Crippen LogP contribution in [0.15, 0.2) is 42.9 Å². The summed E-state index contributed by atoms with van der Waals surface area (Å²) in [6.07, 6.45) is 4.53. The first kappa shape index (κ1) is 25.2. The van der Waals surface area contributed by atoms with Crippen molar-refractivity contribution in [2.45, 2.75) is 24.8 Å². The number of carbonyl (C=O) groups is 1. The second kappa shape index (κ2) is 11.2. The Bertz CT molecular complexity index is 1150. The third kappa shape index (κ3) is 6.19. The number of halogens is 3. The fraction of sp³-hybridized carbons (Fsp3) is 0.417. The number of nitrogens with zero attached hydrogens (tertiary/aromatic N) is 4. The first-order valence-electron chi connectivity index (χ1n) is 11.5. The zero-order chi connectivity index (χ0) is 24.8. The Morgan fingerprint density at radius 1 is 1.14 bits per heavy atom. The maximum absolute atomic E-state index is 13.8. The van der Waals surface area contributed by atoms with Gasteiger partial charge in [0.1, 0.15) is 0 Å². The summed E-state index contributed by atoms with van der Waals surface area (Å²) >= 11 is 6.37. The van der Waals surface area contributed by atoms with Gasteiger partial charge in [0.15, 0.2) is 0 Å². The number of aromatic nitrogens is 3. The number of anilines is 1. The summed E-state index contributed by atoms with van der Waals surface area (Å²) in [6.45, 7) is 2.02. The van der Waals surface area contributed by atoms with Crippen LogP contribution in [-0.2, 0) is 0 Å². The third-order valence-corrected chi connectivity index (χ3v) is 6.42. The molecule has 0 radical (unpaired) electrons. The van der Waals surface area contributed by atoms with E-state index in [1.54, 1.807) is 42.9 Å².